The number of carbonyl (C=O) groups is 2. The molecule has 0 saturated carbocycles. The van der Waals surface area contributed by atoms with Crippen molar-refractivity contribution in [3.05, 3.63) is 87.4 Å². The number of rotatable bonds is 12. The van der Waals surface area contributed by atoms with Gasteiger partial charge in [-0.3, -0.25) is 13.9 Å². The van der Waals surface area contributed by atoms with Crippen LogP contribution in [-0.4, -0.2) is 51.4 Å². The molecule has 3 aromatic rings. The Balaban J connectivity index is 2.12. The quantitative estimate of drug-likeness (QED) is 0.274. The number of carbonyl (C=O) groups excluding carboxylic acids is 2. The predicted octanol–water partition coefficient (Wildman–Crippen LogP) is 5.79. The van der Waals surface area contributed by atoms with Crippen molar-refractivity contribution in [1.29, 1.82) is 0 Å². The minimum absolute atomic E-state index is 0.0103. The average Bonchev–Trinajstić information content (AvgIpc) is 2.94. The van der Waals surface area contributed by atoms with Crippen LogP contribution in [-0.2, 0) is 26.2 Å². The van der Waals surface area contributed by atoms with Gasteiger partial charge in [0.25, 0.3) is 10.0 Å². The molecule has 214 valence electrons. The fourth-order valence-corrected chi connectivity index (χ4v) is 5.98. The van der Waals surface area contributed by atoms with Crippen LogP contribution in [0.25, 0.3) is 0 Å². The van der Waals surface area contributed by atoms with Gasteiger partial charge in [-0.2, -0.15) is 0 Å². The normalized spacial score (nSPS) is 11.9. The lowest BCUT2D eigenvalue weighted by molar-refractivity contribution is -0.140. The molecule has 0 saturated heterocycles. The number of anilines is 1. The summed E-state index contributed by atoms with van der Waals surface area (Å²) in [6.07, 6.45) is 0.284. The Kier molecular flexibility index (Phi) is 11.1. The van der Waals surface area contributed by atoms with Crippen molar-refractivity contribution in [1.82, 2.24) is 10.2 Å². The van der Waals surface area contributed by atoms with Crippen molar-refractivity contribution in [2.75, 3.05) is 24.5 Å². The first-order valence-corrected chi connectivity index (χ1v) is 15.1. The van der Waals surface area contributed by atoms with E-state index in [1.807, 2.05) is 0 Å². The van der Waals surface area contributed by atoms with E-state index in [1.165, 1.54) is 36.2 Å². The second kappa shape index (κ2) is 14.1. The monoisotopic (exact) mass is 625 g/mol. The largest absolute Gasteiger partial charge is 0.492 e. The minimum atomic E-state index is -4.28. The highest BCUT2D eigenvalue weighted by molar-refractivity contribution is 7.92. The number of sulfonamides is 1. The number of halogens is 3. The smallest absolute Gasteiger partial charge is 0.264 e. The van der Waals surface area contributed by atoms with Crippen LogP contribution in [0.1, 0.15) is 25.8 Å². The molecular weight excluding hydrogens is 597 g/mol. The van der Waals surface area contributed by atoms with Crippen LogP contribution >= 0.6 is 34.8 Å². The van der Waals surface area contributed by atoms with E-state index in [0.29, 0.717) is 15.6 Å². The van der Waals surface area contributed by atoms with Crippen LogP contribution in [0.2, 0.25) is 15.1 Å². The van der Waals surface area contributed by atoms with Crippen molar-refractivity contribution < 1.29 is 22.7 Å². The molecule has 0 radical (unpaired) electrons. The highest BCUT2D eigenvalue weighted by Crippen LogP contribution is 2.33. The van der Waals surface area contributed by atoms with E-state index >= 15 is 0 Å². The summed E-state index contributed by atoms with van der Waals surface area (Å²) >= 11 is 18.3. The number of hydrogen-bond acceptors (Lipinski definition) is 5. The maximum absolute atomic E-state index is 14.0. The molecule has 1 atom stereocenters. The Bertz CT molecular complexity index is 1450. The molecule has 0 spiro atoms. The van der Waals surface area contributed by atoms with Crippen LogP contribution in [0.15, 0.2) is 71.6 Å². The number of nitrogens with one attached hydrogen (secondary N) is 1. The Labute approximate surface area is 249 Å². The van der Waals surface area contributed by atoms with Gasteiger partial charge in [-0.25, -0.2) is 8.42 Å². The molecule has 0 fully saturated rings. The molecule has 40 heavy (non-hydrogen) atoms. The van der Waals surface area contributed by atoms with Crippen molar-refractivity contribution in [2.24, 2.45) is 0 Å². The van der Waals surface area contributed by atoms with E-state index in [-0.39, 0.29) is 40.9 Å². The molecule has 0 heterocycles. The lowest BCUT2D eigenvalue weighted by Gasteiger charge is -2.33. The molecular formula is C28H30Cl3N3O5S. The third kappa shape index (κ3) is 7.40. The van der Waals surface area contributed by atoms with Gasteiger partial charge >= 0.3 is 0 Å². The Morgan fingerprint density at radius 3 is 2.23 bits per heavy atom. The number of nitrogens with zero attached hydrogens (tertiary/aromatic N) is 2. The van der Waals surface area contributed by atoms with Gasteiger partial charge in [0, 0.05) is 18.6 Å². The summed E-state index contributed by atoms with van der Waals surface area (Å²) in [7, 11) is -2.80. The first-order valence-electron chi connectivity index (χ1n) is 12.5. The molecule has 0 unspecified atom stereocenters. The van der Waals surface area contributed by atoms with E-state index < -0.39 is 34.4 Å². The van der Waals surface area contributed by atoms with Gasteiger partial charge in [-0.1, -0.05) is 59.9 Å². The van der Waals surface area contributed by atoms with E-state index in [9.17, 15) is 18.0 Å². The van der Waals surface area contributed by atoms with Crippen molar-refractivity contribution in [3.8, 4) is 5.75 Å². The lowest BCUT2D eigenvalue weighted by Crippen LogP contribution is -2.51. The van der Waals surface area contributed by atoms with Gasteiger partial charge in [0.05, 0.1) is 27.2 Å². The van der Waals surface area contributed by atoms with Gasteiger partial charge in [-0.05, 0) is 67.4 Å². The summed E-state index contributed by atoms with van der Waals surface area (Å²) in [6, 6.07) is 16.2. The molecule has 0 aliphatic heterocycles. The van der Waals surface area contributed by atoms with Gasteiger partial charge in [0.15, 0.2) is 0 Å². The van der Waals surface area contributed by atoms with Crippen LogP contribution in [0, 0.1) is 0 Å². The van der Waals surface area contributed by atoms with Gasteiger partial charge in [0.1, 0.15) is 18.3 Å². The van der Waals surface area contributed by atoms with Gasteiger partial charge in [-0.15, -0.1) is 0 Å². The second-order valence-electron chi connectivity index (χ2n) is 8.67. The molecule has 0 aliphatic rings. The SMILES string of the molecule is CCOc1ccccc1N(CC(=O)N(Cc1ccc(Cl)c(Cl)c1)[C@H](CC)C(=O)NC)S(=O)(=O)c1ccc(Cl)cc1. The van der Waals surface area contributed by atoms with Gasteiger partial charge < -0.3 is 15.0 Å². The predicted molar refractivity (Wildman–Crippen MR) is 159 cm³/mol. The van der Waals surface area contributed by atoms with Crippen molar-refractivity contribution in [3.63, 3.8) is 0 Å². The highest BCUT2D eigenvalue weighted by Gasteiger charge is 2.34. The first kappa shape index (κ1) is 31.5. The van der Waals surface area contributed by atoms with Crippen LogP contribution in [0.4, 0.5) is 5.69 Å². The lowest BCUT2D eigenvalue weighted by atomic mass is 10.1. The second-order valence-corrected chi connectivity index (χ2v) is 11.8. The number of para-hydroxylation sites is 2. The summed E-state index contributed by atoms with van der Waals surface area (Å²) < 4.78 is 34.6. The van der Waals surface area contributed by atoms with Crippen molar-refractivity contribution >= 4 is 62.3 Å². The number of amides is 2. The standard InChI is InChI=1S/C28H30Cl3N3O5S/c1-4-24(28(36)32-3)33(17-19-10-15-22(30)23(31)16-19)27(35)18-34(25-8-6-7-9-26(25)39-5-2)40(37,38)21-13-11-20(29)12-14-21/h6-16,24H,4-5,17-18H2,1-3H3,(H,32,36)/t24-/m1/s1. The van der Waals surface area contributed by atoms with Gasteiger partial charge in [0.2, 0.25) is 11.8 Å². The summed E-state index contributed by atoms with van der Waals surface area (Å²) in [5, 5.41) is 3.58. The number of hydrogen-bond donors (Lipinski definition) is 1. The van der Waals surface area contributed by atoms with E-state index in [1.54, 1.807) is 56.3 Å². The molecule has 3 aromatic carbocycles. The highest BCUT2D eigenvalue weighted by atomic mass is 35.5. The Morgan fingerprint density at radius 2 is 1.62 bits per heavy atom. The molecule has 2 amide bonds. The Morgan fingerprint density at radius 1 is 0.950 bits per heavy atom. The van der Waals surface area contributed by atoms with E-state index in [2.05, 4.69) is 5.32 Å². The molecule has 0 bridgehead atoms. The molecule has 3 rings (SSSR count). The third-order valence-electron chi connectivity index (χ3n) is 6.08. The Hall–Kier alpha value is -2.98. The maximum Gasteiger partial charge on any atom is 0.264 e. The molecule has 0 aliphatic carbocycles. The van der Waals surface area contributed by atoms with Crippen LogP contribution < -0.4 is 14.4 Å². The van der Waals surface area contributed by atoms with E-state index in [4.69, 9.17) is 39.5 Å². The van der Waals surface area contributed by atoms with Crippen molar-refractivity contribution in [2.45, 2.75) is 37.8 Å². The summed E-state index contributed by atoms with van der Waals surface area (Å²) in [4.78, 5) is 28.1. The minimum Gasteiger partial charge on any atom is -0.492 e. The topological polar surface area (TPSA) is 96.0 Å². The average molecular weight is 627 g/mol. The fraction of sp³-hybridized carbons (Fsp3) is 0.286. The summed E-state index contributed by atoms with van der Waals surface area (Å²) in [5.41, 5.74) is 0.794. The first-order chi connectivity index (χ1) is 19.0. The molecule has 0 aromatic heterocycles. The molecule has 8 nitrogen and oxygen atoms in total. The summed E-state index contributed by atoms with van der Waals surface area (Å²) in [6.45, 7) is 3.20. The number of ether oxygens (including phenoxy) is 1. The zero-order valence-electron chi connectivity index (χ0n) is 22.2. The fourth-order valence-electron chi connectivity index (χ4n) is 4.11. The number of likely N-dealkylation sites (N-methyl/N-ethyl adjacent to an activating group) is 1. The maximum atomic E-state index is 14.0. The molecule has 1 N–H and O–H groups in total. The summed E-state index contributed by atoms with van der Waals surface area (Å²) in [5.74, 6) is -0.715. The van der Waals surface area contributed by atoms with Crippen LogP contribution in [0.5, 0.6) is 5.75 Å². The zero-order chi connectivity index (χ0) is 29.4. The molecule has 12 heteroatoms. The van der Waals surface area contributed by atoms with E-state index in [0.717, 1.165) is 4.31 Å². The third-order valence-corrected chi connectivity index (χ3v) is 8.85. The number of benzene rings is 3. The zero-order valence-corrected chi connectivity index (χ0v) is 25.3. The van der Waals surface area contributed by atoms with Crippen LogP contribution in [0.3, 0.4) is 0 Å².